The molecule has 88 valence electrons. The molecule has 1 aromatic heterocycles. The van der Waals surface area contributed by atoms with E-state index in [0.29, 0.717) is 5.02 Å². The van der Waals surface area contributed by atoms with Crippen LogP contribution in [0, 0.1) is 0 Å². The van der Waals surface area contributed by atoms with E-state index in [-0.39, 0.29) is 25.4 Å². The normalized spacial score (nSPS) is 9.94. The van der Waals surface area contributed by atoms with Crippen LogP contribution in [0.4, 0.5) is 8.78 Å². The zero-order chi connectivity index (χ0) is 12.0. The van der Waals surface area contributed by atoms with Gasteiger partial charge in [0, 0.05) is 12.7 Å². The predicted molar refractivity (Wildman–Crippen MR) is 55.2 cm³/mol. The van der Waals surface area contributed by atoms with Crippen LogP contribution in [-0.2, 0) is 11.3 Å². The summed E-state index contributed by atoms with van der Waals surface area (Å²) in [5.41, 5.74) is 0. The lowest BCUT2D eigenvalue weighted by molar-refractivity contribution is -0.121. The van der Waals surface area contributed by atoms with Gasteiger partial charge in [-0.15, -0.1) is 0 Å². The fraction of sp³-hybridized carbons (Fsp3) is 0.333. The largest absolute Gasteiger partial charge is 0.354 e. The summed E-state index contributed by atoms with van der Waals surface area (Å²) in [5.74, 6) is -0.299. The third-order valence-corrected chi connectivity index (χ3v) is 1.87. The van der Waals surface area contributed by atoms with E-state index in [1.807, 2.05) is 0 Å². The molecule has 0 saturated heterocycles. The van der Waals surface area contributed by atoms with Crippen LogP contribution in [-0.4, -0.2) is 22.2 Å². The number of carbonyl (C=O) groups excluding carboxylic acids is 1. The van der Waals surface area contributed by atoms with Crippen LogP contribution in [0.15, 0.2) is 24.6 Å². The standard InChI is InChI=1S/C9H10ClF2N3O/c10-7-4-14-15(5-7)6-9(16)13-3-1-2-8(11)12/h2,4-5H,1,3,6H2,(H,13,16). The monoisotopic (exact) mass is 249 g/mol. The van der Waals surface area contributed by atoms with Crippen LogP contribution in [0.5, 0.6) is 0 Å². The molecule has 7 heteroatoms. The Kier molecular flexibility index (Phi) is 4.91. The molecule has 0 fully saturated rings. The first-order chi connectivity index (χ1) is 7.58. The second kappa shape index (κ2) is 6.22. The van der Waals surface area contributed by atoms with Gasteiger partial charge in [-0.25, -0.2) is 0 Å². The number of hydrogen-bond acceptors (Lipinski definition) is 2. The molecule has 1 aromatic rings. The minimum absolute atomic E-state index is 0.0224. The van der Waals surface area contributed by atoms with Crippen molar-refractivity contribution >= 4 is 17.5 Å². The second-order valence-electron chi connectivity index (χ2n) is 2.99. The molecule has 0 saturated carbocycles. The highest BCUT2D eigenvalue weighted by Crippen LogP contribution is 2.04. The first-order valence-electron chi connectivity index (χ1n) is 4.54. The Morgan fingerprint density at radius 2 is 2.38 bits per heavy atom. The molecule has 4 nitrogen and oxygen atoms in total. The van der Waals surface area contributed by atoms with Crippen LogP contribution < -0.4 is 5.32 Å². The molecule has 0 spiro atoms. The molecule has 0 bridgehead atoms. The van der Waals surface area contributed by atoms with Crippen LogP contribution in [0.3, 0.4) is 0 Å². The molecule has 1 N–H and O–H groups in total. The lowest BCUT2D eigenvalue weighted by atomic mass is 10.4. The van der Waals surface area contributed by atoms with Gasteiger partial charge >= 0.3 is 0 Å². The lowest BCUT2D eigenvalue weighted by Gasteiger charge is -2.02. The third-order valence-electron chi connectivity index (χ3n) is 1.67. The Balaban J connectivity index is 2.24. The minimum Gasteiger partial charge on any atom is -0.354 e. The van der Waals surface area contributed by atoms with Crippen LogP contribution in [0.2, 0.25) is 5.02 Å². The highest BCUT2D eigenvalue weighted by molar-refractivity contribution is 6.30. The van der Waals surface area contributed by atoms with Crippen molar-refractivity contribution in [3.8, 4) is 0 Å². The van der Waals surface area contributed by atoms with Gasteiger partial charge in [0.15, 0.2) is 0 Å². The molecular weight excluding hydrogens is 240 g/mol. The van der Waals surface area contributed by atoms with Crippen LogP contribution >= 0.6 is 11.6 Å². The molecule has 0 unspecified atom stereocenters. The van der Waals surface area contributed by atoms with Crippen molar-refractivity contribution in [1.82, 2.24) is 15.1 Å². The molecule has 0 radical (unpaired) electrons. The Labute approximate surface area is 95.9 Å². The summed E-state index contributed by atoms with van der Waals surface area (Å²) in [5, 5.41) is 6.72. The predicted octanol–water partition coefficient (Wildman–Crippen LogP) is 1.82. The van der Waals surface area contributed by atoms with Gasteiger partial charge in [0.2, 0.25) is 5.91 Å². The lowest BCUT2D eigenvalue weighted by Crippen LogP contribution is -2.28. The first kappa shape index (κ1) is 12.6. The first-order valence-corrected chi connectivity index (χ1v) is 4.91. The Hall–Kier alpha value is -1.43. The summed E-state index contributed by atoms with van der Waals surface area (Å²) in [6, 6.07) is 0. The molecule has 0 atom stereocenters. The number of amides is 1. The molecule has 16 heavy (non-hydrogen) atoms. The van der Waals surface area contributed by atoms with Gasteiger partial charge in [-0.1, -0.05) is 11.6 Å². The molecular formula is C9H10ClF2N3O. The molecule has 1 heterocycles. The maximum atomic E-state index is 11.6. The fourth-order valence-corrected chi connectivity index (χ4v) is 1.18. The quantitative estimate of drug-likeness (QED) is 0.810. The van der Waals surface area contributed by atoms with E-state index in [1.54, 1.807) is 0 Å². The van der Waals surface area contributed by atoms with Crippen molar-refractivity contribution in [3.05, 3.63) is 29.6 Å². The van der Waals surface area contributed by atoms with Crippen molar-refractivity contribution in [2.75, 3.05) is 6.54 Å². The van der Waals surface area contributed by atoms with Gasteiger partial charge in [-0.05, 0) is 12.5 Å². The number of nitrogens with one attached hydrogen (secondary N) is 1. The molecule has 1 rings (SSSR count). The van der Waals surface area contributed by atoms with Crippen molar-refractivity contribution in [1.29, 1.82) is 0 Å². The van der Waals surface area contributed by atoms with Gasteiger partial charge in [0.1, 0.15) is 6.54 Å². The number of rotatable bonds is 5. The van der Waals surface area contributed by atoms with Gasteiger partial charge in [0.25, 0.3) is 6.08 Å². The van der Waals surface area contributed by atoms with E-state index in [2.05, 4.69) is 10.4 Å². The zero-order valence-corrected chi connectivity index (χ0v) is 9.05. The van der Waals surface area contributed by atoms with Crippen molar-refractivity contribution in [2.24, 2.45) is 0 Å². The van der Waals surface area contributed by atoms with Crippen molar-refractivity contribution < 1.29 is 13.6 Å². The molecule has 0 aromatic carbocycles. The van der Waals surface area contributed by atoms with Gasteiger partial charge in [-0.3, -0.25) is 9.48 Å². The number of nitrogens with zero attached hydrogens (tertiary/aromatic N) is 2. The Morgan fingerprint density at radius 3 is 2.94 bits per heavy atom. The fourth-order valence-electron chi connectivity index (χ4n) is 1.02. The summed E-state index contributed by atoms with van der Waals surface area (Å²) < 4.78 is 24.6. The number of aromatic nitrogens is 2. The van der Waals surface area contributed by atoms with E-state index in [4.69, 9.17) is 11.6 Å². The van der Waals surface area contributed by atoms with Crippen LogP contribution in [0.1, 0.15) is 6.42 Å². The van der Waals surface area contributed by atoms with E-state index in [9.17, 15) is 13.6 Å². The smallest absolute Gasteiger partial charge is 0.266 e. The molecule has 0 aliphatic heterocycles. The number of hydrogen-bond donors (Lipinski definition) is 1. The average molecular weight is 250 g/mol. The SMILES string of the molecule is O=C(Cn1cc(Cl)cn1)NCCC=C(F)F. The van der Waals surface area contributed by atoms with E-state index < -0.39 is 6.08 Å². The number of halogens is 3. The topological polar surface area (TPSA) is 46.9 Å². The van der Waals surface area contributed by atoms with Gasteiger partial charge < -0.3 is 5.32 Å². The molecule has 1 amide bonds. The Bertz CT molecular complexity index is 388. The van der Waals surface area contributed by atoms with Gasteiger partial charge in [-0.2, -0.15) is 13.9 Å². The summed E-state index contributed by atoms with van der Waals surface area (Å²) in [4.78, 5) is 11.2. The number of carbonyl (C=O) groups is 1. The third kappa shape index (κ3) is 4.88. The summed E-state index contributed by atoms with van der Waals surface area (Å²) in [6.07, 6.45) is 2.03. The van der Waals surface area contributed by atoms with Crippen molar-refractivity contribution in [3.63, 3.8) is 0 Å². The van der Waals surface area contributed by atoms with Crippen molar-refractivity contribution in [2.45, 2.75) is 13.0 Å². The van der Waals surface area contributed by atoms with E-state index in [1.165, 1.54) is 17.1 Å². The van der Waals surface area contributed by atoms with Crippen LogP contribution in [0.25, 0.3) is 0 Å². The maximum absolute atomic E-state index is 11.6. The zero-order valence-electron chi connectivity index (χ0n) is 8.29. The van der Waals surface area contributed by atoms with E-state index >= 15 is 0 Å². The highest BCUT2D eigenvalue weighted by Gasteiger charge is 2.02. The average Bonchev–Trinajstić information content (AvgIpc) is 2.58. The van der Waals surface area contributed by atoms with Gasteiger partial charge in [0.05, 0.1) is 11.2 Å². The highest BCUT2D eigenvalue weighted by atomic mass is 35.5. The van der Waals surface area contributed by atoms with E-state index in [0.717, 1.165) is 6.08 Å². The summed E-state index contributed by atoms with van der Waals surface area (Å²) in [7, 11) is 0. The minimum atomic E-state index is -1.74. The summed E-state index contributed by atoms with van der Waals surface area (Å²) >= 11 is 5.60. The second-order valence-corrected chi connectivity index (χ2v) is 3.42. The maximum Gasteiger partial charge on any atom is 0.266 e. The summed E-state index contributed by atoms with van der Waals surface area (Å²) in [6.45, 7) is 0.194. The molecule has 0 aliphatic rings. The Morgan fingerprint density at radius 1 is 1.62 bits per heavy atom. The molecule has 0 aliphatic carbocycles.